The van der Waals surface area contributed by atoms with Gasteiger partial charge in [0.25, 0.3) is 0 Å². The van der Waals surface area contributed by atoms with Crippen molar-refractivity contribution >= 4 is 5.91 Å². The van der Waals surface area contributed by atoms with Crippen molar-refractivity contribution in [3.8, 4) is 11.1 Å². The standard InChI is InChI=1S/C27H35N5O/c1-5-25(33)28-26(19(2)3)27-30-29-24-14-15-31(16-17-32(24)27)18-21-10-12-22(13-11-21)23-9-7-6-8-20(23)4/h6-13,19,26H,5,14-18H2,1-4H3,(H,28,33)/t26-/m1/s1. The number of aromatic nitrogens is 3. The Morgan fingerprint density at radius 3 is 2.48 bits per heavy atom. The van der Waals surface area contributed by atoms with Gasteiger partial charge >= 0.3 is 0 Å². The summed E-state index contributed by atoms with van der Waals surface area (Å²) in [4.78, 5) is 14.6. The Kier molecular flexibility index (Phi) is 7.23. The van der Waals surface area contributed by atoms with Crippen molar-refractivity contribution in [1.82, 2.24) is 25.0 Å². The maximum atomic E-state index is 12.1. The Bertz CT molecular complexity index is 1090. The second kappa shape index (κ2) is 10.3. The molecular weight excluding hydrogens is 410 g/mol. The van der Waals surface area contributed by atoms with Crippen LogP contribution >= 0.6 is 0 Å². The van der Waals surface area contributed by atoms with E-state index in [-0.39, 0.29) is 17.9 Å². The number of aryl methyl sites for hydroxylation is 1. The Hall–Kier alpha value is -2.99. The molecule has 2 aromatic carbocycles. The molecular formula is C27H35N5O. The number of amides is 1. The molecule has 1 atom stereocenters. The summed E-state index contributed by atoms with van der Waals surface area (Å²) in [6, 6.07) is 17.3. The summed E-state index contributed by atoms with van der Waals surface area (Å²) >= 11 is 0. The number of hydrogen-bond donors (Lipinski definition) is 1. The van der Waals surface area contributed by atoms with Gasteiger partial charge in [-0.05, 0) is 35.1 Å². The highest BCUT2D eigenvalue weighted by molar-refractivity contribution is 5.76. The van der Waals surface area contributed by atoms with Gasteiger partial charge in [-0.1, -0.05) is 69.3 Å². The van der Waals surface area contributed by atoms with Crippen molar-refractivity contribution in [2.75, 3.05) is 13.1 Å². The predicted molar refractivity (Wildman–Crippen MR) is 132 cm³/mol. The minimum atomic E-state index is -0.112. The number of fused-ring (bicyclic) bond motifs is 1. The number of nitrogens with zero attached hydrogens (tertiary/aromatic N) is 4. The third-order valence-corrected chi connectivity index (χ3v) is 6.55. The molecule has 0 spiro atoms. The molecule has 1 aromatic heterocycles. The number of benzene rings is 2. The van der Waals surface area contributed by atoms with E-state index in [9.17, 15) is 4.79 Å². The maximum absolute atomic E-state index is 12.1. The zero-order valence-corrected chi connectivity index (χ0v) is 20.2. The topological polar surface area (TPSA) is 63.1 Å². The first-order chi connectivity index (χ1) is 16.0. The SMILES string of the molecule is CCC(=O)N[C@@H](c1nnc2n1CCN(Cc1ccc(-c3ccccc3C)cc1)CC2)C(C)C. The van der Waals surface area contributed by atoms with E-state index in [1.165, 1.54) is 22.3 Å². The highest BCUT2D eigenvalue weighted by Gasteiger charge is 2.27. The Labute approximate surface area is 197 Å². The van der Waals surface area contributed by atoms with Crippen LogP contribution < -0.4 is 5.32 Å². The Balaban J connectivity index is 1.43. The second-order valence-electron chi connectivity index (χ2n) is 9.31. The monoisotopic (exact) mass is 445 g/mol. The van der Waals surface area contributed by atoms with Crippen LogP contribution in [0.5, 0.6) is 0 Å². The van der Waals surface area contributed by atoms with E-state index >= 15 is 0 Å². The molecule has 1 N–H and O–H groups in total. The van der Waals surface area contributed by atoms with Gasteiger partial charge in [-0.3, -0.25) is 9.69 Å². The van der Waals surface area contributed by atoms with Crippen LogP contribution in [0.1, 0.15) is 56.0 Å². The molecule has 6 heteroatoms. The number of nitrogens with one attached hydrogen (secondary N) is 1. The first-order valence-electron chi connectivity index (χ1n) is 12.0. The molecule has 0 unspecified atom stereocenters. The fourth-order valence-corrected chi connectivity index (χ4v) is 4.53. The molecule has 1 aliphatic rings. The van der Waals surface area contributed by atoms with E-state index in [1.807, 2.05) is 6.92 Å². The fraction of sp³-hybridized carbons (Fsp3) is 0.444. The van der Waals surface area contributed by atoms with Crippen LogP contribution in [0.4, 0.5) is 0 Å². The van der Waals surface area contributed by atoms with Crippen LogP contribution in [0, 0.1) is 12.8 Å². The van der Waals surface area contributed by atoms with Gasteiger partial charge in [-0.15, -0.1) is 10.2 Å². The van der Waals surface area contributed by atoms with Gasteiger partial charge in [-0.25, -0.2) is 0 Å². The molecule has 0 radical (unpaired) electrons. The minimum absolute atomic E-state index is 0.0513. The average Bonchev–Trinajstić information content (AvgIpc) is 3.11. The van der Waals surface area contributed by atoms with Crippen molar-refractivity contribution in [2.45, 2.75) is 59.7 Å². The van der Waals surface area contributed by atoms with Crippen LogP contribution in [-0.4, -0.2) is 38.7 Å². The average molecular weight is 446 g/mol. The summed E-state index contributed by atoms with van der Waals surface area (Å²) in [6.07, 6.45) is 1.33. The molecule has 0 saturated heterocycles. The van der Waals surface area contributed by atoms with Crippen molar-refractivity contribution in [3.05, 3.63) is 71.3 Å². The number of hydrogen-bond acceptors (Lipinski definition) is 4. The summed E-state index contributed by atoms with van der Waals surface area (Å²) in [7, 11) is 0. The molecule has 33 heavy (non-hydrogen) atoms. The molecule has 0 aliphatic carbocycles. The lowest BCUT2D eigenvalue weighted by atomic mass is 9.99. The van der Waals surface area contributed by atoms with Gasteiger partial charge < -0.3 is 9.88 Å². The van der Waals surface area contributed by atoms with Crippen molar-refractivity contribution in [3.63, 3.8) is 0 Å². The molecule has 1 amide bonds. The van der Waals surface area contributed by atoms with Gasteiger partial charge in [0, 0.05) is 39.0 Å². The van der Waals surface area contributed by atoms with Gasteiger partial charge in [0.1, 0.15) is 5.82 Å². The molecule has 0 fully saturated rings. The Morgan fingerprint density at radius 1 is 1.03 bits per heavy atom. The van der Waals surface area contributed by atoms with Crippen LogP contribution in [0.15, 0.2) is 48.5 Å². The summed E-state index contributed by atoms with van der Waals surface area (Å²) in [6.45, 7) is 11.9. The lowest BCUT2D eigenvalue weighted by Gasteiger charge is -2.23. The van der Waals surface area contributed by atoms with Crippen molar-refractivity contribution in [1.29, 1.82) is 0 Å². The second-order valence-corrected chi connectivity index (χ2v) is 9.31. The summed E-state index contributed by atoms with van der Waals surface area (Å²) in [5.41, 5.74) is 5.17. The smallest absolute Gasteiger partial charge is 0.220 e. The highest BCUT2D eigenvalue weighted by atomic mass is 16.1. The van der Waals surface area contributed by atoms with Gasteiger partial charge in [-0.2, -0.15) is 0 Å². The fourth-order valence-electron chi connectivity index (χ4n) is 4.53. The lowest BCUT2D eigenvalue weighted by Crippen LogP contribution is -2.34. The molecule has 2 heterocycles. The van der Waals surface area contributed by atoms with E-state index in [4.69, 9.17) is 0 Å². The van der Waals surface area contributed by atoms with E-state index in [0.29, 0.717) is 6.42 Å². The lowest BCUT2D eigenvalue weighted by molar-refractivity contribution is -0.121. The molecule has 0 bridgehead atoms. The number of rotatable bonds is 7. The highest BCUT2D eigenvalue weighted by Crippen LogP contribution is 2.25. The van der Waals surface area contributed by atoms with E-state index in [1.54, 1.807) is 0 Å². The first kappa shape index (κ1) is 23.2. The molecule has 3 aromatic rings. The molecule has 6 nitrogen and oxygen atoms in total. The molecule has 0 saturated carbocycles. The quantitative estimate of drug-likeness (QED) is 0.580. The first-order valence-corrected chi connectivity index (χ1v) is 12.0. The predicted octanol–water partition coefficient (Wildman–Crippen LogP) is 4.54. The zero-order valence-electron chi connectivity index (χ0n) is 20.2. The van der Waals surface area contributed by atoms with Gasteiger partial charge in [0.15, 0.2) is 5.82 Å². The van der Waals surface area contributed by atoms with Gasteiger partial charge in [0.2, 0.25) is 5.91 Å². The van der Waals surface area contributed by atoms with E-state index in [0.717, 1.165) is 44.2 Å². The van der Waals surface area contributed by atoms with Crippen LogP contribution in [0.3, 0.4) is 0 Å². The number of carbonyl (C=O) groups excluding carboxylic acids is 1. The Morgan fingerprint density at radius 2 is 1.79 bits per heavy atom. The van der Waals surface area contributed by atoms with E-state index < -0.39 is 0 Å². The largest absolute Gasteiger partial charge is 0.346 e. The van der Waals surface area contributed by atoms with Crippen molar-refractivity contribution in [2.24, 2.45) is 5.92 Å². The summed E-state index contributed by atoms with van der Waals surface area (Å²) in [5, 5.41) is 12.1. The summed E-state index contributed by atoms with van der Waals surface area (Å²) < 4.78 is 2.22. The molecule has 174 valence electrons. The van der Waals surface area contributed by atoms with E-state index in [2.05, 4.69) is 94.3 Å². The third-order valence-electron chi connectivity index (χ3n) is 6.55. The minimum Gasteiger partial charge on any atom is -0.346 e. The normalized spacial score (nSPS) is 15.2. The van der Waals surface area contributed by atoms with Crippen LogP contribution in [0.2, 0.25) is 0 Å². The maximum Gasteiger partial charge on any atom is 0.220 e. The van der Waals surface area contributed by atoms with Crippen molar-refractivity contribution < 1.29 is 4.79 Å². The molecule has 4 rings (SSSR count). The van der Waals surface area contributed by atoms with Crippen LogP contribution in [-0.2, 0) is 24.3 Å². The zero-order chi connectivity index (χ0) is 23.4. The summed E-state index contributed by atoms with van der Waals surface area (Å²) in [5.74, 6) is 2.19. The number of carbonyl (C=O) groups is 1. The van der Waals surface area contributed by atoms with Crippen LogP contribution in [0.25, 0.3) is 11.1 Å². The molecule has 1 aliphatic heterocycles. The third kappa shape index (κ3) is 5.33. The van der Waals surface area contributed by atoms with Gasteiger partial charge in [0.05, 0.1) is 6.04 Å².